The van der Waals surface area contributed by atoms with E-state index in [1.807, 2.05) is 0 Å². The van der Waals surface area contributed by atoms with Gasteiger partial charge in [0.15, 0.2) is 0 Å². The summed E-state index contributed by atoms with van der Waals surface area (Å²) in [6.45, 7) is 24.2. The minimum absolute atomic E-state index is 0.0498. The van der Waals surface area contributed by atoms with Crippen LogP contribution in [0.25, 0.3) is 99.1 Å². The topological polar surface area (TPSA) is 0 Å². The maximum atomic E-state index is 2.51. The number of hydrogen-bond acceptors (Lipinski definition) is 0. The first-order valence-electron chi connectivity index (χ1n) is 24.0. The first kappa shape index (κ1) is 41.1. The van der Waals surface area contributed by atoms with Gasteiger partial charge in [-0.1, -0.05) is 223 Å². The smallest absolute Gasteiger partial charge is 0.0656 e. The van der Waals surface area contributed by atoms with E-state index in [0.29, 0.717) is 0 Å². The number of benzene rings is 10. The molecule has 0 amide bonds. The van der Waals surface area contributed by atoms with Crippen LogP contribution in [0, 0.1) is 0 Å². The second-order valence-electron chi connectivity index (χ2n) is 22.5. The van der Waals surface area contributed by atoms with Crippen LogP contribution in [0.2, 0.25) is 39.3 Å². The molecule has 10 aromatic carbocycles. The third-order valence-corrected chi connectivity index (χ3v) is 19.9. The van der Waals surface area contributed by atoms with E-state index >= 15 is 0 Å². The molecule has 0 atom stereocenters. The summed E-state index contributed by atoms with van der Waals surface area (Å²) in [7, 11) is -3.00. The molecule has 2 heteroatoms. The lowest BCUT2D eigenvalue weighted by Crippen LogP contribution is -2.37. The molecule has 10 aromatic rings. The van der Waals surface area contributed by atoms with Gasteiger partial charge in [-0.15, -0.1) is 0 Å². The summed E-state index contributed by atoms with van der Waals surface area (Å²) < 4.78 is 0. The van der Waals surface area contributed by atoms with Crippen molar-refractivity contribution in [1.82, 2.24) is 0 Å². The van der Waals surface area contributed by atoms with Gasteiger partial charge in [0, 0.05) is 10.8 Å². The van der Waals surface area contributed by atoms with Gasteiger partial charge in [-0.2, -0.15) is 0 Å². The fraction of sp³-hybridized carbons (Fsp3) is 0.188. The van der Waals surface area contributed by atoms with Crippen LogP contribution >= 0.6 is 0 Å². The van der Waals surface area contributed by atoms with Crippen molar-refractivity contribution in [1.29, 1.82) is 0 Å². The number of fused-ring (bicyclic) bond motifs is 6. The first-order chi connectivity index (χ1) is 31.5. The molecule has 0 heterocycles. The standard InChI is InChI=1S/C64H58Si2/c1-63(2)57-17-13-11-15-45(57)55-35-41(23-33-59(55)63)53-37-51(39-19-25-43(26-20-39)65(5,6)7)47-30-32-50-54(42-24-34-60-56(36-42)46-16-12-14-18-58(46)64(60,3)4)38-52(48-29-31-49(53)61(47)62(48)50)40-21-27-44(28-22-40)66(8,9)10/h11-38H,1-10H3. The van der Waals surface area contributed by atoms with E-state index in [1.165, 1.54) is 132 Å². The van der Waals surface area contributed by atoms with Gasteiger partial charge in [0.1, 0.15) is 0 Å². The normalized spacial score (nSPS) is 14.8. The van der Waals surface area contributed by atoms with Gasteiger partial charge in [-0.25, -0.2) is 0 Å². The lowest BCUT2D eigenvalue weighted by Gasteiger charge is -2.24. The van der Waals surface area contributed by atoms with E-state index in [1.54, 1.807) is 0 Å². The molecule has 0 N–H and O–H groups in total. The Morgan fingerprint density at radius 3 is 0.924 bits per heavy atom. The zero-order valence-electron chi connectivity index (χ0n) is 40.2. The number of hydrogen-bond donors (Lipinski definition) is 0. The predicted octanol–water partition coefficient (Wildman–Crippen LogP) is 17.0. The largest absolute Gasteiger partial charge is 0.0775 e. The van der Waals surface area contributed by atoms with Crippen molar-refractivity contribution < 1.29 is 0 Å². The Hall–Kier alpha value is -6.33. The average molecular weight is 883 g/mol. The monoisotopic (exact) mass is 882 g/mol. The van der Waals surface area contributed by atoms with Crippen LogP contribution in [0.4, 0.5) is 0 Å². The molecule has 0 saturated heterocycles. The highest BCUT2D eigenvalue weighted by molar-refractivity contribution is 6.89. The summed E-state index contributed by atoms with van der Waals surface area (Å²) in [5, 5.41) is 10.9. The molecule has 2 aliphatic rings. The molecular formula is C64H58Si2. The molecule has 0 aromatic heterocycles. The Morgan fingerprint density at radius 1 is 0.273 bits per heavy atom. The summed E-state index contributed by atoms with van der Waals surface area (Å²) in [6, 6.07) is 66.7. The van der Waals surface area contributed by atoms with Crippen molar-refractivity contribution in [3.05, 3.63) is 192 Å². The zero-order valence-corrected chi connectivity index (χ0v) is 42.2. The van der Waals surface area contributed by atoms with Gasteiger partial charge >= 0.3 is 0 Å². The molecular weight excluding hydrogens is 825 g/mol. The predicted molar refractivity (Wildman–Crippen MR) is 293 cm³/mol. The Kier molecular flexibility index (Phi) is 8.78. The highest BCUT2D eigenvalue weighted by Gasteiger charge is 2.37. The van der Waals surface area contributed by atoms with Crippen molar-refractivity contribution >= 4 is 58.8 Å². The van der Waals surface area contributed by atoms with Crippen LogP contribution in [0.3, 0.4) is 0 Å². The van der Waals surface area contributed by atoms with Gasteiger partial charge in [-0.05, 0) is 146 Å². The minimum atomic E-state index is -1.50. The molecule has 0 radical (unpaired) electrons. The van der Waals surface area contributed by atoms with Crippen LogP contribution in [0.1, 0.15) is 49.9 Å². The highest BCUT2D eigenvalue weighted by atomic mass is 28.3. The van der Waals surface area contributed by atoms with E-state index in [9.17, 15) is 0 Å². The van der Waals surface area contributed by atoms with Gasteiger partial charge in [-0.3, -0.25) is 0 Å². The summed E-state index contributed by atoms with van der Waals surface area (Å²) in [5.74, 6) is 0. The van der Waals surface area contributed by atoms with E-state index < -0.39 is 16.1 Å². The second-order valence-corrected chi connectivity index (χ2v) is 32.7. The van der Waals surface area contributed by atoms with E-state index in [2.05, 4.69) is 237 Å². The lowest BCUT2D eigenvalue weighted by atomic mass is 9.80. The minimum Gasteiger partial charge on any atom is -0.0656 e. The van der Waals surface area contributed by atoms with Crippen LogP contribution in [0.5, 0.6) is 0 Å². The zero-order chi connectivity index (χ0) is 45.7. The van der Waals surface area contributed by atoms with Crippen molar-refractivity contribution in [3.63, 3.8) is 0 Å². The summed E-state index contributed by atoms with van der Waals surface area (Å²) in [5.41, 5.74) is 21.2. The molecule has 0 saturated carbocycles. The maximum Gasteiger partial charge on any atom is 0.0775 e. The summed E-state index contributed by atoms with van der Waals surface area (Å²) in [4.78, 5) is 0. The molecule has 0 bridgehead atoms. The van der Waals surface area contributed by atoms with Crippen molar-refractivity contribution in [2.45, 2.75) is 77.8 Å². The molecule has 0 fully saturated rings. The van der Waals surface area contributed by atoms with Crippen molar-refractivity contribution in [2.24, 2.45) is 0 Å². The van der Waals surface area contributed by atoms with Crippen LogP contribution in [0.15, 0.2) is 170 Å². The van der Waals surface area contributed by atoms with Gasteiger partial charge in [0.25, 0.3) is 0 Å². The highest BCUT2D eigenvalue weighted by Crippen LogP contribution is 2.54. The molecule has 0 unspecified atom stereocenters. The fourth-order valence-electron chi connectivity index (χ4n) is 12.0. The SMILES string of the molecule is CC1(C)c2ccccc2-c2cc(-c3cc(-c4ccc([Si](C)(C)C)cc4)c4ccc5c(-c6ccc7c(c6)-c6ccccc6C7(C)C)cc(-c6ccc([Si](C)(C)C)cc6)c6ccc3c4c65)ccc21. The Bertz CT molecular complexity index is 3380. The first-order valence-corrected chi connectivity index (χ1v) is 31.0. The molecule has 66 heavy (non-hydrogen) atoms. The molecule has 0 aliphatic heterocycles. The van der Waals surface area contributed by atoms with Gasteiger partial charge < -0.3 is 0 Å². The molecule has 0 spiro atoms. The lowest BCUT2D eigenvalue weighted by molar-refractivity contribution is 0.660. The molecule has 0 nitrogen and oxygen atoms in total. The van der Waals surface area contributed by atoms with Gasteiger partial charge in [0.2, 0.25) is 0 Å². The van der Waals surface area contributed by atoms with Crippen LogP contribution in [-0.2, 0) is 10.8 Å². The van der Waals surface area contributed by atoms with Crippen LogP contribution in [-0.4, -0.2) is 16.1 Å². The van der Waals surface area contributed by atoms with Gasteiger partial charge in [0.05, 0.1) is 16.1 Å². The quantitative estimate of drug-likeness (QED) is 0.115. The summed E-state index contributed by atoms with van der Waals surface area (Å²) >= 11 is 0. The number of rotatable bonds is 6. The van der Waals surface area contributed by atoms with E-state index in [4.69, 9.17) is 0 Å². The third kappa shape index (κ3) is 6.00. The van der Waals surface area contributed by atoms with Crippen LogP contribution < -0.4 is 10.4 Å². The maximum absolute atomic E-state index is 2.51. The second kappa shape index (κ2) is 14.1. The average Bonchev–Trinajstić information content (AvgIpc) is 3.68. The Balaban J connectivity index is 1.18. The third-order valence-electron chi connectivity index (χ3n) is 15.8. The van der Waals surface area contributed by atoms with Crippen molar-refractivity contribution in [2.75, 3.05) is 0 Å². The fourth-order valence-corrected chi connectivity index (χ4v) is 14.4. The molecule has 2 aliphatic carbocycles. The van der Waals surface area contributed by atoms with E-state index in [-0.39, 0.29) is 10.8 Å². The Labute approximate surface area is 393 Å². The summed E-state index contributed by atoms with van der Waals surface area (Å²) in [6.07, 6.45) is 0. The Morgan fingerprint density at radius 2 is 0.576 bits per heavy atom. The van der Waals surface area contributed by atoms with E-state index in [0.717, 1.165) is 0 Å². The molecule has 322 valence electrons. The molecule has 12 rings (SSSR count). The van der Waals surface area contributed by atoms with Crippen molar-refractivity contribution in [3.8, 4) is 66.8 Å².